The van der Waals surface area contributed by atoms with E-state index in [0.717, 1.165) is 12.8 Å². The number of likely N-dealkylation sites (tertiary alicyclic amines) is 1. The molecule has 1 aliphatic heterocycles. The van der Waals surface area contributed by atoms with Crippen molar-refractivity contribution in [2.75, 3.05) is 18.8 Å². The molecule has 9 heteroatoms. The predicted molar refractivity (Wildman–Crippen MR) is 91.0 cm³/mol. The van der Waals surface area contributed by atoms with Gasteiger partial charge in [-0.1, -0.05) is 23.9 Å². The fourth-order valence-corrected chi connectivity index (χ4v) is 3.44. The first-order chi connectivity index (χ1) is 12.0. The van der Waals surface area contributed by atoms with Crippen LogP contribution in [0.2, 0.25) is 0 Å². The van der Waals surface area contributed by atoms with E-state index < -0.39 is 5.82 Å². The first-order valence-electron chi connectivity index (χ1n) is 7.92. The number of thioether (sulfide) groups is 1. The van der Waals surface area contributed by atoms with Gasteiger partial charge >= 0.3 is 0 Å². The van der Waals surface area contributed by atoms with Gasteiger partial charge in [-0.05, 0) is 25.0 Å². The third-order valence-electron chi connectivity index (χ3n) is 4.10. The number of hydrogen-bond acceptors (Lipinski definition) is 5. The first kappa shape index (κ1) is 17.4. The second-order valence-electron chi connectivity index (χ2n) is 5.82. The highest BCUT2D eigenvalue weighted by Crippen LogP contribution is 2.22. The summed E-state index contributed by atoms with van der Waals surface area (Å²) in [5, 5.41) is 7.06. The topological polar surface area (TPSA) is 105 Å². The quantitative estimate of drug-likeness (QED) is 0.782. The summed E-state index contributed by atoms with van der Waals surface area (Å²) >= 11 is 1.17. The number of benzene rings is 1. The minimum atomic E-state index is -0.392. The van der Waals surface area contributed by atoms with E-state index >= 15 is 0 Å². The molecule has 2 heterocycles. The van der Waals surface area contributed by atoms with Crippen LogP contribution in [0, 0.1) is 11.7 Å². The van der Waals surface area contributed by atoms with E-state index in [1.807, 2.05) is 0 Å². The van der Waals surface area contributed by atoms with Crippen molar-refractivity contribution in [1.82, 2.24) is 20.1 Å². The number of amides is 2. The van der Waals surface area contributed by atoms with Gasteiger partial charge in [0.05, 0.1) is 17.2 Å². The third kappa shape index (κ3) is 4.16. The average Bonchev–Trinajstić information content (AvgIpc) is 3.09. The number of halogens is 1. The average molecular weight is 363 g/mol. The molecule has 0 aliphatic carbocycles. The first-order valence-corrected chi connectivity index (χ1v) is 8.90. The lowest BCUT2D eigenvalue weighted by Crippen LogP contribution is -2.44. The summed E-state index contributed by atoms with van der Waals surface area (Å²) in [5.41, 5.74) is 5.66. The number of hydrogen-bond donors (Lipinski definition) is 2. The number of nitrogens with zero attached hydrogens (tertiary/aromatic N) is 3. The Bertz CT molecular complexity index is 781. The summed E-state index contributed by atoms with van der Waals surface area (Å²) in [4.78, 5) is 29.5. The van der Waals surface area contributed by atoms with Crippen LogP contribution in [0.1, 0.15) is 12.8 Å². The molecule has 1 fully saturated rings. The number of nitrogens with two attached hydrogens (primary N) is 1. The van der Waals surface area contributed by atoms with Gasteiger partial charge in [0, 0.05) is 13.1 Å². The van der Waals surface area contributed by atoms with Gasteiger partial charge in [0.15, 0.2) is 5.82 Å². The normalized spacial score (nSPS) is 17.5. The Hall–Kier alpha value is -2.42. The Morgan fingerprint density at radius 1 is 1.40 bits per heavy atom. The Morgan fingerprint density at radius 3 is 2.96 bits per heavy atom. The van der Waals surface area contributed by atoms with Gasteiger partial charge in [-0.25, -0.2) is 9.37 Å². The number of aromatic nitrogens is 3. The number of carbonyl (C=O) groups is 2. The van der Waals surface area contributed by atoms with Crippen LogP contribution in [-0.4, -0.2) is 50.7 Å². The molecule has 3 N–H and O–H groups in total. The molecule has 7 nitrogen and oxygen atoms in total. The molecule has 1 aromatic heterocycles. The number of aromatic amines is 1. The largest absolute Gasteiger partial charge is 0.369 e. The molecule has 1 saturated heterocycles. The van der Waals surface area contributed by atoms with Crippen LogP contribution in [0.25, 0.3) is 11.4 Å². The molecule has 0 bridgehead atoms. The zero-order valence-electron chi connectivity index (χ0n) is 13.4. The molecule has 2 amide bonds. The van der Waals surface area contributed by atoms with E-state index in [-0.39, 0.29) is 23.5 Å². The second kappa shape index (κ2) is 7.64. The number of H-pyrrole nitrogens is 1. The van der Waals surface area contributed by atoms with E-state index in [1.165, 1.54) is 17.8 Å². The molecule has 132 valence electrons. The van der Waals surface area contributed by atoms with Crippen LogP contribution in [0.4, 0.5) is 4.39 Å². The summed E-state index contributed by atoms with van der Waals surface area (Å²) in [6.45, 7) is 0.987. The van der Waals surface area contributed by atoms with Crippen LogP contribution in [0.3, 0.4) is 0 Å². The minimum Gasteiger partial charge on any atom is -0.369 e. The SMILES string of the molecule is NC(=O)C1CCCN(C(=O)CSc2n[nH]c(-c3ccccc3F)n2)C1. The lowest BCUT2D eigenvalue weighted by molar-refractivity contribution is -0.132. The molecule has 1 unspecified atom stereocenters. The van der Waals surface area contributed by atoms with Crippen molar-refractivity contribution in [3.63, 3.8) is 0 Å². The van der Waals surface area contributed by atoms with Crippen LogP contribution in [-0.2, 0) is 9.59 Å². The zero-order chi connectivity index (χ0) is 17.8. The van der Waals surface area contributed by atoms with E-state index in [1.54, 1.807) is 23.1 Å². The van der Waals surface area contributed by atoms with Crippen LogP contribution in [0.5, 0.6) is 0 Å². The van der Waals surface area contributed by atoms with Gasteiger partial charge in [-0.2, -0.15) is 0 Å². The molecule has 1 atom stereocenters. The maximum atomic E-state index is 13.8. The molecular weight excluding hydrogens is 345 g/mol. The molecule has 3 rings (SSSR count). The van der Waals surface area contributed by atoms with Gasteiger partial charge in [-0.3, -0.25) is 14.7 Å². The standard InChI is InChI=1S/C16H18FN5O2S/c17-12-6-2-1-5-11(12)15-19-16(21-20-15)25-9-13(23)22-7-3-4-10(8-22)14(18)24/h1-2,5-6,10H,3-4,7-9H2,(H2,18,24)(H,19,20,21). The Kier molecular flexibility index (Phi) is 5.32. The highest BCUT2D eigenvalue weighted by Gasteiger charge is 2.27. The van der Waals surface area contributed by atoms with Gasteiger partial charge < -0.3 is 10.6 Å². The molecule has 2 aromatic rings. The van der Waals surface area contributed by atoms with Crippen LogP contribution in [0.15, 0.2) is 29.4 Å². The third-order valence-corrected chi connectivity index (χ3v) is 4.93. The molecule has 0 spiro atoms. The zero-order valence-corrected chi connectivity index (χ0v) is 14.3. The Labute approximate surface area is 148 Å². The van der Waals surface area contributed by atoms with Crippen molar-refractivity contribution in [2.45, 2.75) is 18.0 Å². The predicted octanol–water partition coefficient (Wildman–Crippen LogP) is 1.43. The number of rotatable bonds is 5. The summed E-state index contributed by atoms with van der Waals surface area (Å²) in [7, 11) is 0. The fourth-order valence-electron chi connectivity index (χ4n) is 2.74. The Balaban J connectivity index is 1.58. The summed E-state index contributed by atoms with van der Waals surface area (Å²) in [5.74, 6) is -0.655. The molecule has 25 heavy (non-hydrogen) atoms. The molecule has 0 radical (unpaired) electrons. The van der Waals surface area contributed by atoms with E-state index in [9.17, 15) is 14.0 Å². The summed E-state index contributed by atoms with van der Waals surface area (Å²) in [6, 6.07) is 6.26. The number of carbonyl (C=O) groups excluding carboxylic acids is 2. The van der Waals surface area contributed by atoms with Crippen molar-refractivity contribution in [3.8, 4) is 11.4 Å². The van der Waals surface area contributed by atoms with Gasteiger partial charge in [0.25, 0.3) is 0 Å². The maximum Gasteiger partial charge on any atom is 0.233 e. The van der Waals surface area contributed by atoms with Gasteiger partial charge in [0.2, 0.25) is 17.0 Å². The summed E-state index contributed by atoms with van der Waals surface area (Å²) < 4.78 is 13.8. The summed E-state index contributed by atoms with van der Waals surface area (Å²) in [6.07, 6.45) is 1.49. The maximum absolute atomic E-state index is 13.8. The van der Waals surface area contributed by atoms with Crippen LogP contribution < -0.4 is 5.73 Å². The van der Waals surface area contributed by atoms with Crippen LogP contribution >= 0.6 is 11.8 Å². The minimum absolute atomic E-state index is 0.0896. The highest BCUT2D eigenvalue weighted by atomic mass is 32.2. The Morgan fingerprint density at radius 2 is 2.20 bits per heavy atom. The van der Waals surface area contributed by atoms with E-state index in [0.29, 0.717) is 29.6 Å². The number of primary amides is 1. The van der Waals surface area contributed by atoms with E-state index in [2.05, 4.69) is 15.2 Å². The van der Waals surface area contributed by atoms with Crippen molar-refractivity contribution in [3.05, 3.63) is 30.1 Å². The smallest absolute Gasteiger partial charge is 0.233 e. The van der Waals surface area contributed by atoms with Gasteiger partial charge in [0.1, 0.15) is 5.82 Å². The molecule has 1 aromatic carbocycles. The van der Waals surface area contributed by atoms with Crippen molar-refractivity contribution < 1.29 is 14.0 Å². The molecule has 1 aliphatic rings. The fraction of sp³-hybridized carbons (Fsp3) is 0.375. The van der Waals surface area contributed by atoms with Crippen molar-refractivity contribution in [1.29, 1.82) is 0 Å². The lowest BCUT2D eigenvalue weighted by atomic mass is 9.97. The van der Waals surface area contributed by atoms with Crippen molar-refractivity contribution >= 4 is 23.6 Å². The lowest BCUT2D eigenvalue weighted by Gasteiger charge is -2.31. The monoisotopic (exact) mass is 363 g/mol. The van der Waals surface area contributed by atoms with Gasteiger partial charge in [-0.15, -0.1) is 5.10 Å². The number of nitrogens with one attached hydrogen (secondary N) is 1. The van der Waals surface area contributed by atoms with Crippen molar-refractivity contribution in [2.24, 2.45) is 11.7 Å². The van der Waals surface area contributed by atoms with E-state index in [4.69, 9.17) is 5.73 Å². The molecular formula is C16H18FN5O2S. The number of piperidine rings is 1. The molecule has 0 saturated carbocycles. The highest BCUT2D eigenvalue weighted by molar-refractivity contribution is 7.99. The second-order valence-corrected chi connectivity index (χ2v) is 6.76.